The average Bonchev–Trinajstić information content (AvgIpc) is 3.46. The van der Waals surface area contributed by atoms with E-state index in [0.717, 1.165) is 57.3 Å². The van der Waals surface area contributed by atoms with Crippen LogP contribution in [0, 0.1) is 18.8 Å². The predicted octanol–water partition coefficient (Wildman–Crippen LogP) is 4.61. The van der Waals surface area contributed by atoms with Gasteiger partial charge in [0, 0.05) is 53.4 Å². The van der Waals surface area contributed by atoms with Gasteiger partial charge in [-0.2, -0.15) is 0 Å². The SMILES string of the molecule is Cc1cc(Cl)cc(-c2ccnc3cc(CN4C(=O)C5CC5C4=O)sc23)c1CN1C[C@H](C)NC[C@@H]1C. The van der Waals surface area contributed by atoms with Crippen LogP contribution in [0.4, 0.5) is 0 Å². The molecule has 6 nitrogen and oxygen atoms in total. The number of halogens is 1. The number of hydrogen-bond donors (Lipinski definition) is 1. The molecule has 6 rings (SSSR count). The maximum absolute atomic E-state index is 12.5. The topological polar surface area (TPSA) is 65.5 Å². The maximum atomic E-state index is 12.5. The molecule has 4 atom stereocenters. The summed E-state index contributed by atoms with van der Waals surface area (Å²) in [4.78, 5) is 34.5. The molecule has 2 amide bonds. The van der Waals surface area contributed by atoms with Gasteiger partial charge in [-0.05, 0) is 68.1 Å². The van der Waals surface area contributed by atoms with Crippen LogP contribution in [0.1, 0.15) is 36.3 Å². The van der Waals surface area contributed by atoms with Gasteiger partial charge in [0.2, 0.25) is 11.8 Å². The molecule has 1 aromatic carbocycles. The van der Waals surface area contributed by atoms with Crippen LogP contribution in [0.25, 0.3) is 21.3 Å². The Balaban J connectivity index is 1.38. The normalized spacial score (nSPS) is 26.6. The average molecular weight is 509 g/mol. The monoisotopic (exact) mass is 508 g/mol. The van der Waals surface area contributed by atoms with E-state index in [0.29, 0.717) is 18.6 Å². The fourth-order valence-corrected chi connectivity index (χ4v) is 6.99. The zero-order valence-electron chi connectivity index (χ0n) is 20.2. The van der Waals surface area contributed by atoms with Crippen molar-refractivity contribution >= 4 is 45.0 Å². The number of nitrogens with one attached hydrogen (secondary N) is 1. The minimum absolute atomic E-state index is 0.0160. The smallest absolute Gasteiger partial charge is 0.233 e. The van der Waals surface area contributed by atoms with E-state index in [1.165, 1.54) is 16.0 Å². The van der Waals surface area contributed by atoms with E-state index in [9.17, 15) is 9.59 Å². The summed E-state index contributed by atoms with van der Waals surface area (Å²) in [6.45, 7) is 9.80. The van der Waals surface area contributed by atoms with E-state index in [2.05, 4.69) is 48.1 Å². The Morgan fingerprint density at radius 3 is 2.66 bits per heavy atom. The van der Waals surface area contributed by atoms with Crippen molar-refractivity contribution in [2.45, 2.75) is 52.4 Å². The molecule has 2 aliphatic heterocycles. The summed E-state index contributed by atoms with van der Waals surface area (Å²) in [5, 5.41) is 4.28. The maximum Gasteiger partial charge on any atom is 0.233 e. The molecule has 2 saturated heterocycles. The van der Waals surface area contributed by atoms with Crippen molar-refractivity contribution in [1.82, 2.24) is 20.1 Å². The van der Waals surface area contributed by atoms with Crippen molar-refractivity contribution in [2.75, 3.05) is 13.1 Å². The first-order valence-electron chi connectivity index (χ1n) is 12.3. The number of likely N-dealkylation sites (tertiary alicyclic amines) is 1. The molecule has 35 heavy (non-hydrogen) atoms. The van der Waals surface area contributed by atoms with Crippen LogP contribution in [-0.2, 0) is 22.7 Å². The zero-order valence-corrected chi connectivity index (χ0v) is 21.7. The third-order valence-corrected chi connectivity index (χ3v) is 9.08. The lowest BCUT2D eigenvalue weighted by Gasteiger charge is -2.38. The molecule has 3 fully saturated rings. The molecule has 2 unspecified atom stereocenters. The van der Waals surface area contributed by atoms with Crippen molar-refractivity contribution < 1.29 is 9.59 Å². The molecule has 1 saturated carbocycles. The molecule has 1 N–H and O–H groups in total. The summed E-state index contributed by atoms with van der Waals surface area (Å²) >= 11 is 8.19. The molecule has 3 aliphatic rings. The van der Waals surface area contributed by atoms with Crippen molar-refractivity contribution in [3.05, 3.63) is 51.5 Å². The van der Waals surface area contributed by atoms with Gasteiger partial charge < -0.3 is 5.32 Å². The molecule has 8 heteroatoms. The number of benzene rings is 1. The Bertz CT molecular complexity index is 1330. The first-order valence-corrected chi connectivity index (χ1v) is 13.5. The van der Waals surface area contributed by atoms with E-state index in [1.807, 2.05) is 18.3 Å². The minimum Gasteiger partial charge on any atom is -0.311 e. The molecular formula is C27H29ClN4O2S. The number of thiophene rings is 1. The Morgan fingerprint density at radius 1 is 1.11 bits per heavy atom. The molecule has 0 bridgehead atoms. The van der Waals surface area contributed by atoms with Crippen LogP contribution < -0.4 is 5.32 Å². The summed E-state index contributed by atoms with van der Waals surface area (Å²) in [6.07, 6.45) is 2.57. The Hall–Kier alpha value is -2.32. The second-order valence-electron chi connectivity index (χ2n) is 10.3. The quantitative estimate of drug-likeness (QED) is 0.510. The highest BCUT2D eigenvalue weighted by molar-refractivity contribution is 7.19. The number of amides is 2. The van der Waals surface area contributed by atoms with E-state index in [4.69, 9.17) is 11.6 Å². The van der Waals surface area contributed by atoms with Gasteiger partial charge in [-0.3, -0.25) is 24.4 Å². The molecule has 2 aromatic heterocycles. The third kappa shape index (κ3) is 4.08. The lowest BCUT2D eigenvalue weighted by molar-refractivity contribution is -0.141. The van der Waals surface area contributed by atoms with Gasteiger partial charge in [0.05, 0.1) is 28.6 Å². The van der Waals surface area contributed by atoms with Gasteiger partial charge in [0.1, 0.15) is 0 Å². The number of piperidine rings is 1. The summed E-state index contributed by atoms with van der Waals surface area (Å²) in [7, 11) is 0. The predicted molar refractivity (Wildman–Crippen MR) is 139 cm³/mol. The number of hydrogen-bond acceptors (Lipinski definition) is 6. The Kier molecular flexibility index (Phi) is 5.72. The molecule has 3 aromatic rings. The van der Waals surface area contributed by atoms with Crippen LogP contribution in [0.3, 0.4) is 0 Å². The van der Waals surface area contributed by atoms with Crippen LogP contribution in [0.2, 0.25) is 5.02 Å². The first kappa shape index (κ1) is 23.1. The van der Waals surface area contributed by atoms with E-state index >= 15 is 0 Å². The third-order valence-electron chi connectivity index (χ3n) is 7.72. The van der Waals surface area contributed by atoms with Gasteiger partial charge in [-0.25, -0.2) is 0 Å². The number of rotatable bonds is 5. The van der Waals surface area contributed by atoms with Gasteiger partial charge in [-0.15, -0.1) is 11.3 Å². The number of aryl methyl sites for hydroxylation is 1. The number of fused-ring (bicyclic) bond motifs is 2. The second kappa shape index (κ2) is 8.66. The first-order chi connectivity index (χ1) is 16.8. The van der Waals surface area contributed by atoms with Crippen LogP contribution in [-0.4, -0.2) is 51.8 Å². The van der Waals surface area contributed by atoms with Crippen LogP contribution >= 0.6 is 22.9 Å². The largest absolute Gasteiger partial charge is 0.311 e. The lowest BCUT2D eigenvalue weighted by Crippen LogP contribution is -2.53. The summed E-state index contributed by atoms with van der Waals surface area (Å²) in [6, 6.07) is 9.09. The second-order valence-corrected chi connectivity index (χ2v) is 11.9. The Morgan fingerprint density at radius 2 is 1.89 bits per heavy atom. The molecule has 4 heterocycles. The lowest BCUT2D eigenvalue weighted by atomic mass is 9.95. The van der Waals surface area contributed by atoms with Crippen molar-refractivity contribution in [3.63, 3.8) is 0 Å². The fourth-order valence-electron chi connectivity index (χ4n) is 5.58. The zero-order chi connectivity index (χ0) is 24.4. The van der Waals surface area contributed by atoms with Crippen LogP contribution in [0.15, 0.2) is 30.5 Å². The Labute approximate surface area is 214 Å². The number of imide groups is 1. The van der Waals surface area contributed by atoms with E-state index < -0.39 is 0 Å². The summed E-state index contributed by atoms with van der Waals surface area (Å²) in [5.74, 6) is -0.175. The standard InChI is InChI=1S/C27H29ClN4O2S/c1-14-6-17(28)7-20(23(14)13-31-11-15(2)30-10-16(31)3)19-4-5-29-24-8-18(35-25(19)24)12-32-26(33)21-9-22(21)27(32)34/h4-8,15-16,21-22,30H,9-13H2,1-3H3/t15-,16-,21?,22?/m0/s1. The van der Waals surface area contributed by atoms with Gasteiger partial charge in [0.25, 0.3) is 0 Å². The number of piperazine rings is 1. The van der Waals surface area contributed by atoms with Gasteiger partial charge >= 0.3 is 0 Å². The van der Waals surface area contributed by atoms with E-state index in [-0.39, 0.29) is 23.7 Å². The number of carbonyl (C=O) groups is 2. The molecule has 0 radical (unpaired) electrons. The summed E-state index contributed by atoms with van der Waals surface area (Å²) in [5.41, 5.74) is 5.58. The van der Waals surface area contributed by atoms with Gasteiger partial charge in [0.15, 0.2) is 0 Å². The molecule has 0 spiro atoms. The fraction of sp³-hybridized carbons (Fsp3) is 0.444. The van der Waals surface area contributed by atoms with Crippen molar-refractivity contribution in [3.8, 4) is 11.1 Å². The van der Waals surface area contributed by atoms with Gasteiger partial charge in [-0.1, -0.05) is 11.6 Å². The number of carbonyl (C=O) groups excluding carboxylic acids is 2. The van der Waals surface area contributed by atoms with Crippen molar-refractivity contribution in [2.24, 2.45) is 11.8 Å². The highest BCUT2D eigenvalue weighted by atomic mass is 35.5. The number of aromatic nitrogens is 1. The van der Waals surface area contributed by atoms with E-state index in [1.54, 1.807) is 11.3 Å². The molecule has 182 valence electrons. The highest BCUT2D eigenvalue weighted by Gasteiger charge is 2.58. The number of nitrogens with zero attached hydrogens (tertiary/aromatic N) is 3. The molecule has 1 aliphatic carbocycles. The van der Waals surface area contributed by atoms with Crippen LogP contribution in [0.5, 0.6) is 0 Å². The van der Waals surface area contributed by atoms with Crippen molar-refractivity contribution in [1.29, 1.82) is 0 Å². The summed E-state index contributed by atoms with van der Waals surface area (Å²) < 4.78 is 1.07. The minimum atomic E-state index is -0.0716. The number of pyridine rings is 1. The molecular weight excluding hydrogens is 480 g/mol. The highest BCUT2D eigenvalue weighted by Crippen LogP contribution is 2.48.